The van der Waals surface area contributed by atoms with Gasteiger partial charge in [-0.05, 0) is 30.3 Å². The highest BCUT2D eigenvalue weighted by Crippen LogP contribution is 2.22. The molecule has 2 N–H and O–H groups in total. The Morgan fingerprint density at radius 3 is 2.71 bits per heavy atom. The molecule has 0 aliphatic carbocycles. The topological polar surface area (TPSA) is 69.6 Å². The van der Waals surface area contributed by atoms with Crippen molar-refractivity contribution in [1.29, 1.82) is 0 Å². The standard InChI is InChI=1S/C14H13ClN2O3S/c1-17(8-11-5-6-12(15)21-11)14(20)16-10-4-2-3-9(7-10)13(18)19/h2-7H,8H2,1H3,(H,16,20)(H,18,19). The van der Waals surface area contributed by atoms with Gasteiger partial charge in [0.15, 0.2) is 0 Å². The van der Waals surface area contributed by atoms with Crippen LogP contribution in [0.25, 0.3) is 0 Å². The van der Waals surface area contributed by atoms with E-state index < -0.39 is 5.97 Å². The fraction of sp³-hybridized carbons (Fsp3) is 0.143. The normalized spacial score (nSPS) is 10.2. The Kier molecular flexibility index (Phi) is 4.82. The molecule has 0 bridgehead atoms. The highest BCUT2D eigenvalue weighted by molar-refractivity contribution is 7.16. The average Bonchev–Trinajstić information content (AvgIpc) is 2.84. The van der Waals surface area contributed by atoms with Crippen LogP contribution >= 0.6 is 22.9 Å². The van der Waals surface area contributed by atoms with Crippen LogP contribution in [0.3, 0.4) is 0 Å². The minimum Gasteiger partial charge on any atom is -0.478 e. The number of nitrogens with zero attached hydrogens (tertiary/aromatic N) is 1. The van der Waals surface area contributed by atoms with Crippen LogP contribution in [0.1, 0.15) is 15.2 Å². The molecule has 1 aromatic carbocycles. The number of aromatic carboxylic acids is 1. The number of amides is 2. The van der Waals surface area contributed by atoms with Crippen LogP contribution < -0.4 is 5.32 Å². The molecule has 0 atom stereocenters. The average molecular weight is 325 g/mol. The van der Waals surface area contributed by atoms with Gasteiger partial charge in [0.25, 0.3) is 0 Å². The summed E-state index contributed by atoms with van der Waals surface area (Å²) in [5.74, 6) is -1.03. The summed E-state index contributed by atoms with van der Waals surface area (Å²) in [7, 11) is 1.66. The molecule has 1 heterocycles. The Morgan fingerprint density at radius 1 is 1.33 bits per heavy atom. The molecule has 110 valence electrons. The van der Waals surface area contributed by atoms with E-state index in [4.69, 9.17) is 16.7 Å². The first-order chi connectivity index (χ1) is 9.95. The monoisotopic (exact) mass is 324 g/mol. The predicted octanol–water partition coefficient (Wildman–Crippen LogP) is 3.76. The van der Waals surface area contributed by atoms with E-state index in [2.05, 4.69) is 5.32 Å². The van der Waals surface area contributed by atoms with Crippen molar-refractivity contribution >= 4 is 40.6 Å². The summed E-state index contributed by atoms with van der Waals surface area (Å²) in [6.07, 6.45) is 0. The summed E-state index contributed by atoms with van der Waals surface area (Å²) >= 11 is 7.26. The van der Waals surface area contributed by atoms with E-state index in [9.17, 15) is 9.59 Å². The number of carbonyl (C=O) groups excluding carboxylic acids is 1. The third kappa shape index (κ3) is 4.21. The molecule has 5 nitrogen and oxygen atoms in total. The molecule has 0 aliphatic heterocycles. The van der Waals surface area contributed by atoms with Crippen LogP contribution in [0.15, 0.2) is 36.4 Å². The second-order valence-corrected chi connectivity index (χ2v) is 6.18. The Balaban J connectivity index is 2.00. The summed E-state index contributed by atoms with van der Waals surface area (Å²) in [5.41, 5.74) is 0.566. The molecule has 1 aromatic heterocycles. The maximum absolute atomic E-state index is 12.0. The van der Waals surface area contributed by atoms with Gasteiger partial charge in [0.05, 0.1) is 16.4 Å². The fourth-order valence-corrected chi connectivity index (χ4v) is 2.83. The lowest BCUT2D eigenvalue weighted by Crippen LogP contribution is -2.30. The molecule has 0 radical (unpaired) electrons. The van der Waals surface area contributed by atoms with Gasteiger partial charge in [-0.3, -0.25) is 0 Å². The minimum atomic E-state index is -1.03. The summed E-state index contributed by atoms with van der Waals surface area (Å²) in [5, 5.41) is 11.6. The van der Waals surface area contributed by atoms with Crippen molar-refractivity contribution in [3.8, 4) is 0 Å². The lowest BCUT2D eigenvalue weighted by Gasteiger charge is -2.17. The highest BCUT2D eigenvalue weighted by Gasteiger charge is 2.11. The van der Waals surface area contributed by atoms with Crippen molar-refractivity contribution in [2.45, 2.75) is 6.54 Å². The number of anilines is 1. The van der Waals surface area contributed by atoms with Gasteiger partial charge < -0.3 is 15.3 Å². The summed E-state index contributed by atoms with van der Waals surface area (Å²) in [4.78, 5) is 25.4. The van der Waals surface area contributed by atoms with Crippen LogP contribution in [0.4, 0.5) is 10.5 Å². The number of nitrogens with one attached hydrogen (secondary N) is 1. The fourth-order valence-electron chi connectivity index (χ4n) is 1.69. The van der Waals surface area contributed by atoms with E-state index in [-0.39, 0.29) is 11.6 Å². The van der Waals surface area contributed by atoms with E-state index in [1.807, 2.05) is 6.07 Å². The van der Waals surface area contributed by atoms with Crippen molar-refractivity contribution in [3.05, 3.63) is 51.2 Å². The SMILES string of the molecule is CN(Cc1ccc(Cl)s1)C(=O)Nc1cccc(C(=O)O)c1. The zero-order valence-electron chi connectivity index (χ0n) is 11.2. The second kappa shape index (κ2) is 6.60. The quantitative estimate of drug-likeness (QED) is 0.899. The maximum Gasteiger partial charge on any atom is 0.335 e. The van der Waals surface area contributed by atoms with E-state index in [0.29, 0.717) is 16.6 Å². The number of urea groups is 1. The number of halogens is 1. The number of hydrogen-bond donors (Lipinski definition) is 2. The molecule has 0 aliphatic rings. The highest BCUT2D eigenvalue weighted by atomic mass is 35.5. The summed E-state index contributed by atoms with van der Waals surface area (Å²) in [6, 6.07) is 9.43. The lowest BCUT2D eigenvalue weighted by atomic mass is 10.2. The first kappa shape index (κ1) is 15.3. The molecule has 2 rings (SSSR count). The van der Waals surface area contributed by atoms with Gasteiger partial charge in [-0.2, -0.15) is 0 Å². The van der Waals surface area contributed by atoms with Crippen LogP contribution in [0, 0.1) is 0 Å². The molecule has 0 saturated carbocycles. The van der Waals surface area contributed by atoms with Crippen molar-refractivity contribution in [2.24, 2.45) is 0 Å². The number of carbonyl (C=O) groups is 2. The number of carboxylic acids is 1. The molecule has 0 saturated heterocycles. The van der Waals surface area contributed by atoms with Crippen LogP contribution in [0.2, 0.25) is 4.34 Å². The van der Waals surface area contributed by atoms with E-state index in [1.165, 1.54) is 28.4 Å². The first-order valence-corrected chi connectivity index (χ1v) is 7.25. The number of benzene rings is 1. The molecule has 7 heteroatoms. The Labute approximate surface area is 130 Å². The molecule has 0 unspecified atom stereocenters. The third-order valence-corrected chi connectivity index (χ3v) is 3.95. The van der Waals surface area contributed by atoms with Gasteiger partial charge in [0.1, 0.15) is 0 Å². The van der Waals surface area contributed by atoms with Gasteiger partial charge >= 0.3 is 12.0 Å². The van der Waals surface area contributed by atoms with Gasteiger partial charge in [-0.1, -0.05) is 17.7 Å². The summed E-state index contributed by atoms with van der Waals surface area (Å²) < 4.78 is 0.674. The van der Waals surface area contributed by atoms with Crippen molar-refractivity contribution < 1.29 is 14.7 Å². The molecule has 2 aromatic rings. The largest absolute Gasteiger partial charge is 0.478 e. The number of hydrogen-bond acceptors (Lipinski definition) is 3. The maximum atomic E-state index is 12.0. The van der Waals surface area contributed by atoms with Crippen molar-refractivity contribution in [3.63, 3.8) is 0 Å². The van der Waals surface area contributed by atoms with Gasteiger partial charge in [0, 0.05) is 17.6 Å². The van der Waals surface area contributed by atoms with Crippen molar-refractivity contribution in [2.75, 3.05) is 12.4 Å². The zero-order valence-corrected chi connectivity index (χ0v) is 12.7. The Morgan fingerprint density at radius 2 is 2.10 bits per heavy atom. The zero-order chi connectivity index (χ0) is 15.4. The van der Waals surface area contributed by atoms with Gasteiger partial charge in [0.2, 0.25) is 0 Å². The lowest BCUT2D eigenvalue weighted by molar-refractivity contribution is 0.0697. The molecule has 0 spiro atoms. The molecular formula is C14H13ClN2O3S. The predicted molar refractivity (Wildman–Crippen MR) is 83.2 cm³/mol. The van der Waals surface area contributed by atoms with Gasteiger partial charge in [-0.25, -0.2) is 9.59 Å². The number of carboxylic acid groups (broad SMARTS) is 1. The smallest absolute Gasteiger partial charge is 0.335 e. The molecule has 0 fully saturated rings. The third-order valence-electron chi connectivity index (χ3n) is 2.73. The van der Waals surface area contributed by atoms with E-state index >= 15 is 0 Å². The van der Waals surface area contributed by atoms with Gasteiger partial charge in [-0.15, -0.1) is 11.3 Å². The van der Waals surface area contributed by atoms with Crippen LogP contribution in [-0.2, 0) is 6.54 Å². The second-order valence-electron chi connectivity index (χ2n) is 4.38. The minimum absolute atomic E-state index is 0.125. The Bertz CT molecular complexity index is 672. The van der Waals surface area contributed by atoms with E-state index in [0.717, 1.165) is 4.88 Å². The first-order valence-electron chi connectivity index (χ1n) is 6.05. The molecule has 2 amide bonds. The molecular weight excluding hydrogens is 312 g/mol. The molecule has 21 heavy (non-hydrogen) atoms. The Hall–Kier alpha value is -2.05. The van der Waals surface area contributed by atoms with Crippen LogP contribution in [-0.4, -0.2) is 29.1 Å². The summed E-state index contributed by atoms with van der Waals surface area (Å²) in [6.45, 7) is 0.432. The van der Waals surface area contributed by atoms with E-state index in [1.54, 1.807) is 25.2 Å². The van der Waals surface area contributed by atoms with Crippen LogP contribution in [0.5, 0.6) is 0 Å². The van der Waals surface area contributed by atoms with Crippen molar-refractivity contribution in [1.82, 2.24) is 4.90 Å². The number of rotatable bonds is 4. The number of thiophene rings is 1.